The Bertz CT molecular complexity index is 578. The average Bonchev–Trinajstić information content (AvgIpc) is 2.72. The minimum atomic E-state index is -0.306. The Balaban J connectivity index is 2.37. The van der Waals surface area contributed by atoms with Crippen LogP contribution in [-0.2, 0) is 4.74 Å². The number of carbonyl (C=O) groups excluding carboxylic acids is 1. The Kier molecular flexibility index (Phi) is 3.72. The molecule has 0 aliphatic carbocycles. The van der Waals surface area contributed by atoms with Crippen LogP contribution in [0.4, 0.5) is 0 Å². The molecule has 5 heteroatoms. The Morgan fingerprint density at radius 2 is 2.17 bits per heavy atom. The third-order valence-corrected chi connectivity index (χ3v) is 3.57. The van der Waals surface area contributed by atoms with E-state index in [9.17, 15) is 4.79 Å². The fourth-order valence-electron chi connectivity index (χ4n) is 1.58. The van der Waals surface area contributed by atoms with Crippen molar-refractivity contribution in [1.82, 2.24) is 9.97 Å². The van der Waals surface area contributed by atoms with E-state index in [1.165, 1.54) is 11.3 Å². The molecule has 0 atom stereocenters. The number of pyridine rings is 1. The van der Waals surface area contributed by atoms with Crippen molar-refractivity contribution in [2.24, 2.45) is 0 Å². The summed E-state index contributed by atoms with van der Waals surface area (Å²) in [4.78, 5) is 20.8. The summed E-state index contributed by atoms with van der Waals surface area (Å²) in [7, 11) is 0. The first-order valence-corrected chi connectivity index (χ1v) is 6.50. The van der Waals surface area contributed by atoms with Gasteiger partial charge >= 0.3 is 5.97 Å². The highest BCUT2D eigenvalue weighted by atomic mass is 32.1. The number of aryl methyl sites for hydroxylation is 2. The van der Waals surface area contributed by atoms with Crippen LogP contribution in [0.2, 0.25) is 0 Å². The van der Waals surface area contributed by atoms with Crippen LogP contribution in [0.5, 0.6) is 0 Å². The van der Waals surface area contributed by atoms with Gasteiger partial charge in [-0.15, -0.1) is 11.3 Å². The molecule has 2 aromatic heterocycles. The summed E-state index contributed by atoms with van der Waals surface area (Å²) in [6.45, 7) is 5.95. The number of hydrogen-bond acceptors (Lipinski definition) is 5. The number of thiazole rings is 1. The van der Waals surface area contributed by atoms with Crippen molar-refractivity contribution >= 4 is 17.3 Å². The van der Waals surface area contributed by atoms with Crippen LogP contribution in [0, 0.1) is 13.8 Å². The number of esters is 1. The quantitative estimate of drug-likeness (QED) is 0.798. The number of aromatic nitrogens is 2. The highest BCUT2D eigenvalue weighted by Crippen LogP contribution is 2.28. The Labute approximate surface area is 110 Å². The summed E-state index contributed by atoms with van der Waals surface area (Å²) in [6.07, 6.45) is 3.54. The van der Waals surface area contributed by atoms with Gasteiger partial charge in [0.15, 0.2) is 0 Å². The van der Waals surface area contributed by atoms with E-state index in [0.717, 1.165) is 16.1 Å². The summed E-state index contributed by atoms with van der Waals surface area (Å²) in [5.41, 5.74) is 2.70. The fourth-order valence-corrected chi connectivity index (χ4v) is 2.52. The first-order chi connectivity index (χ1) is 8.61. The number of rotatable bonds is 3. The lowest BCUT2D eigenvalue weighted by Crippen LogP contribution is -2.03. The number of ether oxygens (including phenoxy) is 1. The van der Waals surface area contributed by atoms with Crippen molar-refractivity contribution in [3.8, 4) is 10.6 Å². The predicted molar refractivity (Wildman–Crippen MR) is 70.8 cm³/mol. The van der Waals surface area contributed by atoms with E-state index < -0.39 is 0 Å². The van der Waals surface area contributed by atoms with Crippen molar-refractivity contribution in [3.63, 3.8) is 0 Å². The van der Waals surface area contributed by atoms with E-state index in [2.05, 4.69) is 9.97 Å². The van der Waals surface area contributed by atoms with Gasteiger partial charge in [-0.05, 0) is 32.4 Å². The second-order valence-corrected chi connectivity index (χ2v) is 4.90. The lowest BCUT2D eigenvalue weighted by Gasteiger charge is -1.98. The van der Waals surface area contributed by atoms with Gasteiger partial charge in [0.05, 0.1) is 12.3 Å². The SMILES string of the molecule is CCOC(=O)c1sc(-c2cncc(C)c2)nc1C. The van der Waals surface area contributed by atoms with Crippen LogP contribution in [0.25, 0.3) is 10.6 Å². The van der Waals surface area contributed by atoms with Crippen molar-refractivity contribution in [2.45, 2.75) is 20.8 Å². The standard InChI is InChI=1S/C13H14N2O2S/c1-4-17-13(16)11-9(3)15-12(18-11)10-5-8(2)6-14-7-10/h5-7H,4H2,1-3H3. The molecule has 0 saturated heterocycles. The minimum Gasteiger partial charge on any atom is -0.462 e. The summed E-state index contributed by atoms with van der Waals surface area (Å²) < 4.78 is 5.00. The molecule has 18 heavy (non-hydrogen) atoms. The molecule has 0 spiro atoms. The molecule has 0 amide bonds. The zero-order valence-corrected chi connectivity index (χ0v) is 11.4. The van der Waals surface area contributed by atoms with Gasteiger partial charge in [0.25, 0.3) is 0 Å². The second kappa shape index (κ2) is 5.27. The third-order valence-electron chi connectivity index (χ3n) is 2.38. The maximum atomic E-state index is 11.7. The molecule has 0 N–H and O–H groups in total. The van der Waals surface area contributed by atoms with E-state index in [1.807, 2.05) is 19.9 Å². The molecule has 0 aliphatic rings. The van der Waals surface area contributed by atoms with E-state index >= 15 is 0 Å². The van der Waals surface area contributed by atoms with Gasteiger partial charge < -0.3 is 4.74 Å². The van der Waals surface area contributed by atoms with Gasteiger partial charge in [0, 0.05) is 18.0 Å². The van der Waals surface area contributed by atoms with Crippen LogP contribution < -0.4 is 0 Å². The smallest absolute Gasteiger partial charge is 0.350 e. The lowest BCUT2D eigenvalue weighted by atomic mass is 10.2. The van der Waals surface area contributed by atoms with Crippen LogP contribution >= 0.6 is 11.3 Å². The van der Waals surface area contributed by atoms with E-state index in [0.29, 0.717) is 17.2 Å². The number of nitrogens with zero attached hydrogens (tertiary/aromatic N) is 2. The van der Waals surface area contributed by atoms with Gasteiger partial charge in [-0.2, -0.15) is 0 Å². The van der Waals surface area contributed by atoms with E-state index in [1.54, 1.807) is 19.3 Å². The summed E-state index contributed by atoms with van der Waals surface area (Å²) >= 11 is 1.34. The maximum absolute atomic E-state index is 11.7. The van der Waals surface area contributed by atoms with Gasteiger partial charge in [-0.25, -0.2) is 9.78 Å². The fraction of sp³-hybridized carbons (Fsp3) is 0.308. The molecule has 0 aliphatic heterocycles. The molecule has 0 aromatic carbocycles. The lowest BCUT2D eigenvalue weighted by molar-refractivity contribution is 0.0531. The summed E-state index contributed by atoms with van der Waals surface area (Å²) in [6, 6.07) is 2.00. The highest BCUT2D eigenvalue weighted by Gasteiger charge is 2.17. The second-order valence-electron chi connectivity index (χ2n) is 3.90. The molecule has 2 heterocycles. The highest BCUT2D eigenvalue weighted by molar-refractivity contribution is 7.17. The maximum Gasteiger partial charge on any atom is 0.350 e. The van der Waals surface area contributed by atoms with Gasteiger partial charge in [-0.3, -0.25) is 4.98 Å². The third kappa shape index (κ3) is 2.56. The van der Waals surface area contributed by atoms with Crippen molar-refractivity contribution in [2.75, 3.05) is 6.61 Å². The monoisotopic (exact) mass is 262 g/mol. The molecule has 0 radical (unpaired) electrons. The normalized spacial score (nSPS) is 10.4. The predicted octanol–water partition coefficient (Wildman–Crippen LogP) is 3.00. The summed E-state index contributed by atoms with van der Waals surface area (Å²) in [5, 5.41) is 0.798. The number of carbonyl (C=O) groups is 1. The first-order valence-electron chi connectivity index (χ1n) is 5.68. The zero-order valence-electron chi connectivity index (χ0n) is 10.6. The molecule has 0 saturated carbocycles. The van der Waals surface area contributed by atoms with E-state index in [4.69, 9.17) is 4.74 Å². The van der Waals surface area contributed by atoms with Crippen molar-refractivity contribution in [1.29, 1.82) is 0 Å². The molecule has 0 bridgehead atoms. The van der Waals surface area contributed by atoms with Crippen molar-refractivity contribution < 1.29 is 9.53 Å². The zero-order chi connectivity index (χ0) is 13.1. The van der Waals surface area contributed by atoms with Gasteiger partial charge in [0.2, 0.25) is 0 Å². The minimum absolute atomic E-state index is 0.306. The van der Waals surface area contributed by atoms with Crippen LogP contribution in [0.1, 0.15) is 27.9 Å². The molecule has 2 rings (SSSR count). The summed E-state index contributed by atoms with van der Waals surface area (Å²) in [5.74, 6) is -0.306. The average molecular weight is 262 g/mol. The topological polar surface area (TPSA) is 52.1 Å². The first kappa shape index (κ1) is 12.7. The van der Waals surface area contributed by atoms with Crippen LogP contribution in [-0.4, -0.2) is 22.5 Å². The van der Waals surface area contributed by atoms with Crippen molar-refractivity contribution in [3.05, 3.63) is 34.6 Å². The Morgan fingerprint density at radius 1 is 1.39 bits per heavy atom. The van der Waals surface area contributed by atoms with Gasteiger partial charge in [0.1, 0.15) is 9.88 Å². The largest absolute Gasteiger partial charge is 0.462 e. The molecular formula is C13H14N2O2S. The molecule has 94 valence electrons. The molecule has 4 nitrogen and oxygen atoms in total. The number of hydrogen-bond donors (Lipinski definition) is 0. The Morgan fingerprint density at radius 3 is 2.83 bits per heavy atom. The van der Waals surface area contributed by atoms with Gasteiger partial charge in [-0.1, -0.05) is 0 Å². The molecule has 0 fully saturated rings. The van der Waals surface area contributed by atoms with Crippen LogP contribution in [0.15, 0.2) is 18.5 Å². The van der Waals surface area contributed by atoms with Crippen LogP contribution in [0.3, 0.4) is 0 Å². The Hall–Kier alpha value is -1.75. The van der Waals surface area contributed by atoms with E-state index in [-0.39, 0.29) is 5.97 Å². The molecule has 2 aromatic rings. The molecule has 0 unspecified atom stereocenters. The molecular weight excluding hydrogens is 248 g/mol.